The van der Waals surface area contributed by atoms with Crippen molar-refractivity contribution in [3.05, 3.63) is 65.0 Å². The minimum absolute atomic E-state index is 0.318. The van der Waals surface area contributed by atoms with E-state index < -0.39 is 34.9 Å². The number of aromatic nitrogens is 1. The molecule has 2 amide bonds. The summed E-state index contributed by atoms with van der Waals surface area (Å²) >= 11 is 1.37. The largest absolute Gasteiger partial charge is 0.462 e. The number of hydrogen-bond acceptors (Lipinski definition) is 7. The van der Waals surface area contributed by atoms with Crippen molar-refractivity contribution in [2.75, 3.05) is 23.7 Å². The molecule has 13 heteroatoms. The predicted molar refractivity (Wildman–Crippen MR) is 140 cm³/mol. The molecular formula is C26H28F4N4O4S. The molecular weight excluding hydrogens is 540 g/mol. The summed E-state index contributed by atoms with van der Waals surface area (Å²) < 4.78 is 56.8. The number of aliphatic hydroxyl groups is 1. The maximum absolute atomic E-state index is 13.8. The second kappa shape index (κ2) is 12.1. The monoisotopic (exact) mass is 568 g/mol. The molecule has 0 radical (unpaired) electrons. The second-order valence-corrected chi connectivity index (χ2v) is 10.7. The molecule has 4 rings (SSSR count). The van der Waals surface area contributed by atoms with Gasteiger partial charge in [0.05, 0.1) is 16.1 Å². The van der Waals surface area contributed by atoms with Crippen LogP contribution in [0.3, 0.4) is 0 Å². The molecule has 2 aromatic carbocycles. The summed E-state index contributed by atoms with van der Waals surface area (Å²) in [6, 6.07) is 7.56. The van der Waals surface area contributed by atoms with Gasteiger partial charge in [-0.15, -0.1) is 11.3 Å². The third-order valence-corrected chi connectivity index (χ3v) is 6.65. The number of halogens is 4. The number of ether oxygens (including phenoxy) is 1. The average Bonchev–Trinajstić information content (AvgIpc) is 3.50. The lowest BCUT2D eigenvalue weighted by Gasteiger charge is -2.17. The van der Waals surface area contributed by atoms with Gasteiger partial charge in [0, 0.05) is 18.4 Å². The summed E-state index contributed by atoms with van der Waals surface area (Å²) in [6.45, 7) is 7.09. The summed E-state index contributed by atoms with van der Waals surface area (Å²) in [7, 11) is 0. The number of β-amino-alcohol motifs (C(OH)–C–C–N with tert-alkyl or cyclic N) is 1. The van der Waals surface area contributed by atoms with Crippen LogP contribution in [-0.2, 0) is 21.3 Å². The normalized spacial score (nSPS) is 17.1. The minimum Gasteiger partial charge on any atom is -0.462 e. The summed E-state index contributed by atoms with van der Waals surface area (Å²) in [5.41, 5.74) is -1.76. The van der Waals surface area contributed by atoms with Crippen molar-refractivity contribution in [2.24, 2.45) is 0 Å². The van der Waals surface area contributed by atoms with Crippen LogP contribution in [-0.4, -0.2) is 41.3 Å². The van der Waals surface area contributed by atoms with Crippen LogP contribution >= 0.6 is 11.3 Å². The maximum atomic E-state index is 13.8. The molecule has 4 N–H and O–H groups in total. The van der Waals surface area contributed by atoms with Crippen molar-refractivity contribution in [1.82, 2.24) is 10.3 Å². The van der Waals surface area contributed by atoms with Gasteiger partial charge >= 0.3 is 12.2 Å². The fourth-order valence-electron chi connectivity index (χ4n) is 3.43. The predicted octanol–water partition coefficient (Wildman–Crippen LogP) is 5.75. The van der Waals surface area contributed by atoms with E-state index in [-0.39, 0.29) is 5.60 Å². The lowest BCUT2D eigenvalue weighted by molar-refractivity contribution is -0.139. The number of anilines is 2. The van der Waals surface area contributed by atoms with E-state index >= 15 is 0 Å². The highest BCUT2D eigenvalue weighted by Gasteiger charge is 2.36. The smallest absolute Gasteiger partial charge is 0.416 e. The molecule has 210 valence electrons. The van der Waals surface area contributed by atoms with Gasteiger partial charge in [-0.2, -0.15) is 13.2 Å². The molecule has 39 heavy (non-hydrogen) atoms. The number of carbonyl (C=O) groups is 2. The van der Waals surface area contributed by atoms with Gasteiger partial charge in [0.25, 0.3) is 6.47 Å². The number of hydrogen-bond donors (Lipinski definition) is 4. The molecule has 1 aliphatic heterocycles. The molecule has 0 saturated carbocycles. The van der Waals surface area contributed by atoms with E-state index in [2.05, 4.69) is 25.7 Å². The van der Waals surface area contributed by atoms with Crippen molar-refractivity contribution in [2.45, 2.75) is 44.6 Å². The van der Waals surface area contributed by atoms with Gasteiger partial charge in [0.1, 0.15) is 22.0 Å². The Kier molecular flexibility index (Phi) is 9.30. The topological polar surface area (TPSA) is 113 Å². The summed E-state index contributed by atoms with van der Waals surface area (Å²) in [5, 5.41) is 18.9. The third kappa shape index (κ3) is 8.47. The number of nitrogens with one attached hydrogen (secondary N) is 3. The Morgan fingerprint density at radius 1 is 1.15 bits per heavy atom. The highest BCUT2D eigenvalue weighted by molar-refractivity contribution is 7.15. The van der Waals surface area contributed by atoms with Gasteiger partial charge < -0.3 is 25.8 Å². The van der Waals surface area contributed by atoms with Gasteiger partial charge in [0.2, 0.25) is 0 Å². The van der Waals surface area contributed by atoms with Crippen molar-refractivity contribution in [1.29, 1.82) is 0 Å². The van der Waals surface area contributed by atoms with E-state index in [1.807, 2.05) is 20.8 Å². The van der Waals surface area contributed by atoms with Gasteiger partial charge in [-0.25, -0.2) is 14.2 Å². The first-order chi connectivity index (χ1) is 18.2. The molecule has 0 bridgehead atoms. The fraction of sp³-hybridized carbons (Fsp3) is 0.346. The third-order valence-electron chi connectivity index (χ3n) is 5.41. The standard InChI is InChI=1S/C21H18F4N4O2S.C5H10O2/c22-15-6-3-13(21(23,24)25)9-16(15)29-19(30)28-14-4-1-12(2-5-14)17-10-27-18(32-17)20(31)7-8-26-11-20;1-5(2,3)7-4-6/h1-6,9-10,26,31H,7-8,11H2,(H2,28,29,30);4H,1-3H3. The van der Waals surface area contributed by atoms with Crippen molar-refractivity contribution in [3.8, 4) is 10.4 Å². The molecule has 0 aliphatic carbocycles. The van der Waals surface area contributed by atoms with Gasteiger partial charge in [0.15, 0.2) is 0 Å². The highest BCUT2D eigenvalue weighted by Crippen LogP contribution is 2.35. The molecule has 1 aromatic heterocycles. The van der Waals surface area contributed by atoms with Crippen LogP contribution in [0.2, 0.25) is 0 Å². The zero-order chi connectivity index (χ0) is 28.8. The number of rotatable bonds is 5. The molecule has 8 nitrogen and oxygen atoms in total. The SMILES string of the molecule is CC(C)(C)OC=O.O=C(Nc1ccc(-c2cnc(C3(O)CCNC3)s2)cc1)Nc1cc(C(F)(F)F)ccc1F. The van der Waals surface area contributed by atoms with Crippen LogP contribution in [0.5, 0.6) is 0 Å². The zero-order valence-corrected chi connectivity index (χ0v) is 22.2. The average molecular weight is 569 g/mol. The number of thiazole rings is 1. The molecule has 1 fully saturated rings. The highest BCUT2D eigenvalue weighted by atomic mass is 32.1. The maximum Gasteiger partial charge on any atom is 0.416 e. The van der Waals surface area contributed by atoms with Crippen molar-refractivity contribution < 1.29 is 37.0 Å². The molecule has 1 atom stereocenters. The first-order valence-electron chi connectivity index (χ1n) is 11.8. The number of amides is 2. The Morgan fingerprint density at radius 3 is 2.38 bits per heavy atom. The Hall–Kier alpha value is -3.55. The van der Waals surface area contributed by atoms with Crippen LogP contribution < -0.4 is 16.0 Å². The van der Waals surface area contributed by atoms with Gasteiger partial charge in [-0.3, -0.25) is 4.79 Å². The fourth-order valence-corrected chi connectivity index (χ4v) is 4.47. The number of alkyl halides is 3. The Labute approximate surface area is 226 Å². The first kappa shape index (κ1) is 30.0. The molecule has 1 saturated heterocycles. The lowest BCUT2D eigenvalue weighted by Crippen LogP contribution is -2.27. The molecule has 1 unspecified atom stereocenters. The van der Waals surface area contributed by atoms with E-state index in [0.29, 0.717) is 48.3 Å². The van der Waals surface area contributed by atoms with Crippen LogP contribution in [0.15, 0.2) is 48.7 Å². The van der Waals surface area contributed by atoms with E-state index in [1.165, 1.54) is 11.3 Å². The molecule has 0 spiro atoms. The quantitative estimate of drug-likeness (QED) is 0.230. The summed E-state index contributed by atoms with van der Waals surface area (Å²) in [6.07, 6.45) is -2.40. The Bertz CT molecular complexity index is 1280. The van der Waals surface area contributed by atoms with Crippen LogP contribution in [0, 0.1) is 5.82 Å². The van der Waals surface area contributed by atoms with Crippen molar-refractivity contribution in [3.63, 3.8) is 0 Å². The van der Waals surface area contributed by atoms with E-state index in [0.717, 1.165) is 17.0 Å². The van der Waals surface area contributed by atoms with E-state index in [9.17, 15) is 32.3 Å². The Balaban J connectivity index is 0.000000532. The van der Waals surface area contributed by atoms with Crippen LogP contribution in [0.1, 0.15) is 37.8 Å². The number of carbonyl (C=O) groups excluding carboxylic acids is 2. The van der Waals surface area contributed by atoms with Gasteiger partial charge in [-0.05, 0) is 69.6 Å². The molecule has 2 heterocycles. The number of benzene rings is 2. The summed E-state index contributed by atoms with van der Waals surface area (Å²) in [4.78, 5) is 26.9. The van der Waals surface area contributed by atoms with E-state index in [4.69, 9.17) is 0 Å². The molecule has 3 aromatic rings. The van der Waals surface area contributed by atoms with E-state index in [1.54, 1.807) is 30.5 Å². The second-order valence-electron chi connectivity index (χ2n) is 9.66. The molecule has 1 aliphatic rings. The minimum atomic E-state index is -4.66. The van der Waals surface area contributed by atoms with Gasteiger partial charge in [-0.1, -0.05) is 12.1 Å². The first-order valence-corrected chi connectivity index (χ1v) is 12.6. The zero-order valence-electron chi connectivity index (χ0n) is 21.4. The Morgan fingerprint density at radius 2 is 1.85 bits per heavy atom. The lowest BCUT2D eigenvalue weighted by atomic mass is 10.1. The summed E-state index contributed by atoms with van der Waals surface area (Å²) in [5.74, 6) is -0.983. The number of urea groups is 1. The number of nitrogens with zero attached hydrogens (tertiary/aromatic N) is 1. The van der Waals surface area contributed by atoms with Crippen LogP contribution in [0.25, 0.3) is 10.4 Å². The van der Waals surface area contributed by atoms with Crippen molar-refractivity contribution >= 4 is 35.2 Å². The van der Waals surface area contributed by atoms with Crippen LogP contribution in [0.4, 0.5) is 33.7 Å².